The van der Waals surface area contributed by atoms with Gasteiger partial charge in [-0.2, -0.15) is 0 Å². The first kappa shape index (κ1) is 19.3. The van der Waals surface area contributed by atoms with Gasteiger partial charge in [-0.05, 0) is 29.3 Å². The van der Waals surface area contributed by atoms with Crippen molar-refractivity contribution in [3.8, 4) is 5.75 Å². The lowest BCUT2D eigenvalue weighted by molar-refractivity contribution is -0.145. The van der Waals surface area contributed by atoms with Gasteiger partial charge in [0.1, 0.15) is 12.4 Å². The van der Waals surface area contributed by atoms with Crippen LogP contribution in [0, 0.1) is 0 Å². The van der Waals surface area contributed by atoms with Crippen molar-refractivity contribution in [1.29, 1.82) is 0 Å². The highest BCUT2D eigenvalue weighted by molar-refractivity contribution is 5.90. The van der Waals surface area contributed by atoms with E-state index in [2.05, 4.69) is 10.3 Å². The van der Waals surface area contributed by atoms with Crippen LogP contribution in [0.1, 0.15) is 12.0 Å². The van der Waals surface area contributed by atoms with Crippen LogP contribution in [-0.4, -0.2) is 53.7 Å². The highest BCUT2D eigenvalue weighted by atomic mass is 19.1. The number of nitrogens with one attached hydrogen (secondary N) is 1. The third kappa shape index (κ3) is 4.38. The first-order valence-electron chi connectivity index (χ1n) is 9.84. The van der Waals surface area contributed by atoms with Gasteiger partial charge in [0.25, 0.3) is 5.91 Å². The zero-order chi connectivity index (χ0) is 20.1. The van der Waals surface area contributed by atoms with E-state index in [0.29, 0.717) is 25.4 Å². The number of pyridine rings is 1. The van der Waals surface area contributed by atoms with E-state index in [0.717, 1.165) is 11.1 Å². The molecule has 0 radical (unpaired) electrons. The standard InChI is InChI=1S/C23H24FN3O2/c24-23(10-8-19(9-11-23)18-5-2-1-3-6-18)22(28)27-14-13-26-15-20(27)17-29-21-7-4-12-25-16-21/h1-10,12,16,20,26H,11,13-15,17H2. The van der Waals surface area contributed by atoms with Crippen molar-refractivity contribution >= 4 is 11.5 Å². The van der Waals surface area contributed by atoms with E-state index in [1.807, 2.05) is 36.4 Å². The van der Waals surface area contributed by atoms with Crippen molar-refractivity contribution in [2.75, 3.05) is 26.2 Å². The molecular formula is C23H24FN3O2. The molecule has 1 aliphatic carbocycles. The minimum atomic E-state index is -2.03. The number of rotatable bonds is 5. The normalized spacial score (nSPS) is 24.1. The third-order valence-electron chi connectivity index (χ3n) is 5.30. The Labute approximate surface area is 169 Å². The van der Waals surface area contributed by atoms with Crippen LogP contribution >= 0.6 is 0 Å². The van der Waals surface area contributed by atoms with Gasteiger partial charge in [0.2, 0.25) is 5.67 Å². The lowest BCUT2D eigenvalue weighted by Gasteiger charge is -2.39. The number of carbonyl (C=O) groups excluding carboxylic acids is 1. The van der Waals surface area contributed by atoms with Gasteiger partial charge in [-0.15, -0.1) is 0 Å². The van der Waals surface area contributed by atoms with E-state index in [4.69, 9.17) is 4.74 Å². The summed E-state index contributed by atoms with van der Waals surface area (Å²) in [5, 5.41) is 3.26. The molecule has 5 nitrogen and oxygen atoms in total. The Morgan fingerprint density at radius 3 is 2.86 bits per heavy atom. The van der Waals surface area contributed by atoms with Crippen LogP contribution in [0.4, 0.5) is 4.39 Å². The summed E-state index contributed by atoms with van der Waals surface area (Å²) in [6.45, 7) is 1.95. The number of aromatic nitrogens is 1. The number of halogens is 1. The number of ether oxygens (including phenoxy) is 1. The van der Waals surface area contributed by atoms with Crippen LogP contribution in [0.2, 0.25) is 0 Å². The van der Waals surface area contributed by atoms with E-state index < -0.39 is 11.6 Å². The molecule has 150 valence electrons. The molecule has 0 spiro atoms. The monoisotopic (exact) mass is 393 g/mol. The van der Waals surface area contributed by atoms with Crippen LogP contribution in [0.3, 0.4) is 0 Å². The minimum Gasteiger partial charge on any atom is -0.490 e. The first-order valence-corrected chi connectivity index (χ1v) is 9.84. The van der Waals surface area contributed by atoms with Crippen molar-refractivity contribution in [3.63, 3.8) is 0 Å². The zero-order valence-electron chi connectivity index (χ0n) is 16.1. The van der Waals surface area contributed by atoms with Gasteiger partial charge in [-0.25, -0.2) is 4.39 Å². The Morgan fingerprint density at radius 2 is 2.14 bits per heavy atom. The lowest BCUT2D eigenvalue weighted by Crippen LogP contribution is -2.60. The van der Waals surface area contributed by atoms with E-state index in [1.165, 1.54) is 6.08 Å². The zero-order valence-corrected chi connectivity index (χ0v) is 16.1. The highest BCUT2D eigenvalue weighted by Gasteiger charge is 2.42. The quantitative estimate of drug-likeness (QED) is 0.849. The van der Waals surface area contributed by atoms with Crippen LogP contribution in [0.25, 0.3) is 5.57 Å². The Bertz CT molecular complexity index is 901. The summed E-state index contributed by atoms with van der Waals surface area (Å²) < 4.78 is 21.4. The maximum atomic E-state index is 15.6. The van der Waals surface area contributed by atoms with Crippen molar-refractivity contribution in [1.82, 2.24) is 15.2 Å². The molecule has 2 unspecified atom stereocenters. The molecule has 1 N–H and O–H groups in total. The molecule has 1 aliphatic heterocycles. The predicted molar refractivity (Wildman–Crippen MR) is 110 cm³/mol. The molecule has 0 saturated carbocycles. The predicted octanol–water partition coefficient (Wildman–Crippen LogP) is 3.01. The molecule has 1 aromatic heterocycles. The molecule has 29 heavy (non-hydrogen) atoms. The maximum absolute atomic E-state index is 15.6. The molecule has 2 aromatic rings. The fourth-order valence-corrected chi connectivity index (χ4v) is 3.66. The van der Waals surface area contributed by atoms with Gasteiger partial charge in [-0.3, -0.25) is 9.78 Å². The molecular weight excluding hydrogens is 369 g/mol. The largest absolute Gasteiger partial charge is 0.490 e. The number of hydrogen-bond acceptors (Lipinski definition) is 4. The molecule has 2 aliphatic rings. The third-order valence-corrected chi connectivity index (χ3v) is 5.30. The van der Waals surface area contributed by atoms with Crippen LogP contribution in [0.5, 0.6) is 5.75 Å². The van der Waals surface area contributed by atoms with Crippen LogP contribution in [0.15, 0.2) is 73.1 Å². The lowest BCUT2D eigenvalue weighted by atomic mass is 9.89. The fourth-order valence-electron chi connectivity index (χ4n) is 3.66. The smallest absolute Gasteiger partial charge is 0.265 e. The molecule has 1 fully saturated rings. The van der Waals surface area contributed by atoms with E-state index >= 15 is 4.39 Å². The number of allylic oxidation sites excluding steroid dienone is 3. The number of benzene rings is 1. The molecule has 1 amide bonds. The van der Waals surface area contributed by atoms with E-state index in [1.54, 1.807) is 35.5 Å². The number of hydrogen-bond donors (Lipinski definition) is 1. The molecule has 2 atom stereocenters. The summed E-state index contributed by atoms with van der Waals surface area (Å²) in [4.78, 5) is 18.7. The molecule has 0 bridgehead atoms. The molecule has 4 rings (SSSR count). The van der Waals surface area contributed by atoms with Crippen molar-refractivity contribution in [2.24, 2.45) is 0 Å². The van der Waals surface area contributed by atoms with Gasteiger partial charge in [0, 0.05) is 32.3 Å². The van der Waals surface area contributed by atoms with Gasteiger partial charge < -0.3 is 15.0 Å². The Balaban J connectivity index is 1.44. The fraction of sp³-hybridized carbons (Fsp3) is 0.304. The second-order valence-corrected chi connectivity index (χ2v) is 7.28. The van der Waals surface area contributed by atoms with Gasteiger partial charge >= 0.3 is 0 Å². The average Bonchev–Trinajstić information content (AvgIpc) is 2.79. The molecule has 6 heteroatoms. The SMILES string of the molecule is O=C(N1CCNCC1COc1cccnc1)C1(F)C=CC(c2ccccc2)=CC1. The number of alkyl halides is 1. The average molecular weight is 393 g/mol. The van der Waals surface area contributed by atoms with Crippen molar-refractivity contribution in [3.05, 3.63) is 78.6 Å². The van der Waals surface area contributed by atoms with Crippen molar-refractivity contribution in [2.45, 2.75) is 18.1 Å². The summed E-state index contributed by atoms with van der Waals surface area (Å²) in [5.74, 6) is 0.131. The Hall–Kier alpha value is -2.99. The van der Waals surface area contributed by atoms with Crippen LogP contribution < -0.4 is 10.1 Å². The maximum Gasteiger partial charge on any atom is 0.265 e. The van der Waals surface area contributed by atoms with E-state index in [9.17, 15) is 4.79 Å². The number of piperazine rings is 1. The molecule has 1 aromatic carbocycles. The summed E-state index contributed by atoms with van der Waals surface area (Å²) in [6, 6.07) is 13.1. The number of nitrogens with zero attached hydrogens (tertiary/aromatic N) is 2. The summed E-state index contributed by atoms with van der Waals surface area (Å²) in [5.41, 5.74) is -0.0751. The van der Waals surface area contributed by atoms with Crippen molar-refractivity contribution < 1.29 is 13.9 Å². The Kier molecular flexibility index (Phi) is 5.71. The summed E-state index contributed by atoms with van der Waals surface area (Å²) >= 11 is 0. The minimum absolute atomic E-state index is 0.0344. The number of amides is 1. The topological polar surface area (TPSA) is 54.5 Å². The second kappa shape index (κ2) is 8.57. The highest BCUT2D eigenvalue weighted by Crippen LogP contribution is 2.32. The van der Waals surface area contributed by atoms with Gasteiger partial charge in [-0.1, -0.05) is 42.5 Å². The van der Waals surface area contributed by atoms with Crippen LogP contribution in [-0.2, 0) is 4.79 Å². The van der Waals surface area contributed by atoms with Gasteiger partial charge in [0.05, 0.1) is 12.2 Å². The summed E-state index contributed by atoms with van der Waals surface area (Å²) in [7, 11) is 0. The number of carbonyl (C=O) groups is 1. The molecule has 2 heterocycles. The van der Waals surface area contributed by atoms with Gasteiger partial charge in [0.15, 0.2) is 0 Å². The molecule has 1 saturated heterocycles. The first-order chi connectivity index (χ1) is 14.2. The Morgan fingerprint density at radius 1 is 1.28 bits per heavy atom. The summed E-state index contributed by atoms with van der Waals surface area (Å²) in [6.07, 6.45) is 8.24. The second-order valence-electron chi connectivity index (χ2n) is 7.28. The van der Waals surface area contributed by atoms with E-state index in [-0.39, 0.29) is 19.1 Å².